The summed E-state index contributed by atoms with van der Waals surface area (Å²) in [5.41, 5.74) is 1.58. The second-order valence-electron chi connectivity index (χ2n) is 6.36. The van der Waals surface area contributed by atoms with Gasteiger partial charge in [-0.05, 0) is 48.5 Å². The molecule has 5 rings (SSSR count). The number of furan rings is 1. The average Bonchev–Trinajstić information content (AvgIpc) is 3.14. The molecular formula is C24H16O2S2. The van der Waals surface area contributed by atoms with Crippen LogP contribution in [-0.4, -0.2) is 4.21 Å². The van der Waals surface area contributed by atoms with Crippen molar-refractivity contribution in [2.75, 3.05) is 0 Å². The van der Waals surface area contributed by atoms with Crippen LogP contribution in [0.25, 0.3) is 21.9 Å². The van der Waals surface area contributed by atoms with E-state index in [4.69, 9.17) is 4.42 Å². The zero-order valence-electron chi connectivity index (χ0n) is 14.9. The number of hydrogen-bond acceptors (Lipinski definition) is 3. The van der Waals surface area contributed by atoms with Gasteiger partial charge in [0.2, 0.25) is 0 Å². The second-order valence-corrected chi connectivity index (χ2v) is 8.92. The maximum Gasteiger partial charge on any atom is 0.136 e. The van der Waals surface area contributed by atoms with Crippen molar-refractivity contribution in [3.63, 3.8) is 0 Å². The van der Waals surface area contributed by atoms with Gasteiger partial charge in [-0.2, -0.15) is 0 Å². The minimum Gasteiger partial charge on any atom is -0.456 e. The Bertz CT molecular complexity index is 1290. The first kappa shape index (κ1) is 17.3. The molecule has 0 saturated heterocycles. The highest BCUT2D eigenvalue weighted by atomic mass is 32.2. The van der Waals surface area contributed by atoms with Gasteiger partial charge in [0.05, 0.1) is 15.7 Å². The normalized spacial score (nSPS) is 12.4. The molecule has 1 aromatic heterocycles. The van der Waals surface area contributed by atoms with Crippen LogP contribution >= 0.6 is 11.8 Å². The van der Waals surface area contributed by atoms with E-state index >= 15 is 0 Å². The molecule has 0 saturated carbocycles. The van der Waals surface area contributed by atoms with Crippen molar-refractivity contribution in [1.29, 1.82) is 0 Å². The van der Waals surface area contributed by atoms with Crippen LogP contribution in [0.3, 0.4) is 0 Å². The van der Waals surface area contributed by atoms with Crippen LogP contribution in [0.15, 0.2) is 121 Å². The first-order valence-electron chi connectivity index (χ1n) is 8.95. The molecule has 0 amide bonds. The monoisotopic (exact) mass is 400 g/mol. The second kappa shape index (κ2) is 7.30. The lowest BCUT2D eigenvalue weighted by atomic mass is 10.1. The number of rotatable bonds is 4. The summed E-state index contributed by atoms with van der Waals surface area (Å²) in [6.45, 7) is 0. The zero-order chi connectivity index (χ0) is 18.9. The Labute approximate surface area is 169 Å². The third-order valence-electron chi connectivity index (χ3n) is 4.57. The summed E-state index contributed by atoms with van der Waals surface area (Å²) in [6, 6.07) is 31.7. The molecule has 0 aliphatic carbocycles. The molecule has 2 nitrogen and oxygen atoms in total. The van der Waals surface area contributed by atoms with Crippen LogP contribution in [-0.2, 0) is 10.8 Å². The fourth-order valence-electron chi connectivity index (χ4n) is 3.33. The first-order valence-corrected chi connectivity index (χ1v) is 10.9. The molecule has 0 spiro atoms. The van der Waals surface area contributed by atoms with E-state index in [9.17, 15) is 4.21 Å². The predicted octanol–water partition coefficient (Wildman–Crippen LogP) is 6.90. The minimum atomic E-state index is -1.28. The summed E-state index contributed by atoms with van der Waals surface area (Å²) in [7, 11) is -1.28. The fourth-order valence-corrected chi connectivity index (χ4v) is 5.58. The third-order valence-corrected chi connectivity index (χ3v) is 7.08. The summed E-state index contributed by atoms with van der Waals surface area (Å²) < 4.78 is 19.4. The van der Waals surface area contributed by atoms with Crippen molar-refractivity contribution in [2.45, 2.75) is 19.6 Å². The van der Waals surface area contributed by atoms with Gasteiger partial charge in [0.1, 0.15) is 11.2 Å². The molecule has 0 fully saturated rings. The van der Waals surface area contributed by atoms with Crippen molar-refractivity contribution in [2.24, 2.45) is 0 Å². The Balaban J connectivity index is 1.75. The van der Waals surface area contributed by atoms with Crippen molar-refractivity contribution in [1.82, 2.24) is 0 Å². The van der Waals surface area contributed by atoms with Crippen LogP contribution < -0.4 is 0 Å². The summed E-state index contributed by atoms with van der Waals surface area (Å²) in [5.74, 6) is 0. The molecule has 0 aliphatic rings. The molecular weight excluding hydrogens is 384 g/mol. The standard InChI is InChI=1S/C24H16O2S2/c25-28(18-11-5-2-6-12-18)22-16-8-14-20-24(22)23-19(26-20)13-7-15-21(23)27-17-9-3-1-4-10-17/h1-16H. The fraction of sp³-hybridized carbons (Fsp3) is 0. The Morgan fingerprint density at radius 3 is 2.04 bits per heavy atom. The molecule has 1 atom stereocenters. The van der Waals surface area contributed by atoms with Gasteiger partial charge in [0.25, 0.3) is 0 Å². The number of benzene rings is 4. The van der Waals surface area contributed by atoms with Crippen LogP contribution in [0.2, 0.25) is 0 Å². The maximum atomic E-state index is 13.3. The van der Waals surface area contributed by atoms with Gasteiger partial charge < -0.3 is 4.42 Å². The Morgan fingerprint density at radius 2 is 1.29 bits per heavy atom. The van der Waals surface area contributed by atoms with Crippen LogP contribution in [0.1, 0.15) is 0 Å². The summed E-state index contributed by atoms with van der Waals surface area (Å²) in [6.07, 6.45) is 0. The van der Waals surface area contributed by atoms with Crippen molar-refractivity contribution in [3.05, 3.63) is 97.1 Å². The first-order chi connectivity index (χ1) is 13.8. The summed E-state index contributed by atoms with van der Waals surface area (Å²) in [4.78, 5) is 3.83. The highest BCUT2D eigenvalue weighted by molar-refractivity contribution is 7.99. The van der Waals surface area contributed by atoms with E-state index in [1.807, 2.05) is 78.9 Å². The van der Waals surface area contributed by atoms with Gasteiger partial charge in [-0.25, -0.2) is 4.21 Å². The Morgan fingerprint density at radius 1 is 0.643 bits per heavy atom. The van der Waals surface area contributed by atoms with Crippen molar-refractivity contribution < 1.29 is 8.63 Å². The Hall–Kier alpha value is -2.82. The largest absolute Gasteiger partial charge is 0.456 e. The van der Waals surface area contributed by atoms with Gasteiger partial charge in [-0.1, -0.05) is 60.3 Å². The molecule has 1 unspecified atom stereocenters. The van der Waals surface area contributed by atoms with E-state index in [0.29, 0.717) is 0 Å². The quantitative estimate of drug-likeness (QED) is 0.328. The summed E-state index contributed by atoms with van der Waals surface area (Å²) >= 11 is 1.69. The SMILES string of the molecule is O=S(c1ccccc1)c1cccc2oc3cccc(Sc4ccccc4)c3c12. The van der Waals surface area contributed by atoms with Gasteiger partial charge in [-0.15, -0.1) is 0 Å². The highest BCUT2D eigenvalue weighted by Gasteiger charge is 2.19. The van der Waals surface area contributed by atoms with E-state index in [2.05, 4.69) is 18.2 Å². The average molecular weight is 401 g/mol. The molecule has 0 radical (unpaired) electrons. The molecule has 4 heteroatoms. The third kappa shape index (κ3) is 3.05. The minimum absolute atomic E-state index is 0.762. The number of fused-ring (bicyclic) bond motifs is 3. The molecule has 136 valence electrons. The highest BCUT2D eigenvalue weighted by Crippen LogP contribution is 2.41. The van der Waals surface area contributed by atoms with Crippen molar-refractivity contribution >= 4 is 44.5 Å². The van der Waals surface area contributed by atoms with Gasteiger partial charge in [0, 0.05) is 25.5 Å². The zero-order valence-corrected chi connectivity index (χ0v) is 16.5. The smallest absolute Gasteiger partial charge is 0.136 e. The van der Waals surface area contributed by atoms with E-state index in [1.165, 1.54) is 0 Å². The lowest BCUT2D eigenvalue weighted by molar-refractivity contribution is 0.667. The topological polar surface area (TPSA) is 30.2 Å². The molecule has 0 N–H and O–H groups in total. The Kier molecular flexibility index (Phi) is 4.51. The van der Waals surface area contributed by atoms with E-state index < -0.39 is 10.8 Å². The summed E-state index contributed by atoms with van der Waals surface area (Å²) in [5, 5.41) is 1.95. The lowest BCUT2D eigenvalue weighted by Crippen LogP contribution is -1.93. The van der Waals surface area contributed by atoms with E-state index in [1.54, 1.807) is 11.8 Å². The molecule has 28 heavy (non-hydrogen) atoms. The van der Waals surface area contributed by atoms with Crippen LogP contribution in [0, 0.1) is 0 Å². The lowest BCUT2D eigenvalue weighted by Gasteiger charge is -2.07. The molecule has 0 aliphatic heterocycles. The maximum absolute atomic E-state index is 13.3. The predicted molar refractivity (Wildman–Crippen MR) is 115 cm³/mol. The van der Waals surface area contributed by atoms with Crippen LogP contribution in [0.5, 0.6) is 0 Å². The van der Waals surface area contributed by atoms with Gasteiger partial charge in [-0.3, -0.25) is 0 Å². The molecule has 0 bridgehead atoms. The molecule has 5 aromatic rings. The van der Waals surface area contributed by atoms with Gasteiger partial charge in [0.15, 0.2) is 0 Å². The van der Waals surface area contributed by atoms with E-state index in [-0.39, 0.29) is 0 Å². The van der Waals surface area contributed by atoms with Crippen molar-refractivity contribution in [3.8, 4) is 0 Å². The van der Waals surface area contributed by atoms with Crippen LogP contribution in [0.4, 0.5) is 0 Å². The molecule has 1 heterocycles. The van der Waals surface area contributed by atoms with E-state index in [0.717, 1.165) is 41.5 Å². The van der Waals surface area contributed by atoms with Gasteiger partial charge >= 0.3 is 0 Å². The molecule has 4 aromatic carbocycles. The number of hydrogen-bond donors (Lipinski definition) is 0.